The summed E-state index contributed by atoms with van der Waals surface area (Å²) in [5.74, 6) is -0.959. The van der Waals surface area contributed by atoms with Crippen LogP contribution in [0.3, 0.4) is 0 Å². The highest BCUT2D eigenvalue weighted by atomic mass is 32.2. The Labute approximate surface area is 160 Å². The maximum Gasteiger partial charge on any atom is 0.319 e. The molecule has 9 heteroatoms. The topological polar surface area (TPSA) is 108 Å². The van der Waals surface area contributed by atoms with E-state index in [1.807, 2.05) is 30.3 Å². The molecule has 0 bridgehead atoms. The second kappa shape index (κ2) is 9.58. The van der Waals surface area contributed by atoms with E-state index in [0.29, 0.717) is 0 Å². The number of ether oxygens (including phenoxy) is 2. The summed E-state index contributed by atoms with van der Waals surface area (Å²) >= 11 is 1.33. The molecule has 2 aromatic carbocycles. The molecule has 2 aromatic rings. The second-order valence-corrected chi connectivity index (χ2v) is 6.78. The molecule has 27 heavy (non-hydrogen) atoms. The maximum atomic E-state index is 12.0. The van der Waals surface area contributed by atoms with Crippen LogP contribution in [0.5, 0.6) is 5.75 Å². The van der Waals surface area contributed by atoms with Crippen molar-refractivity contribution in [2.24, 2.45) is 0 Å². The smallest absolute Gasteiger partial charge is 0.319 e. The number of esters is 1. The van der Waals surface area contributed by atoms with Crippen molar-refractivity contribution in [3.05, 3.63) is 58.6 Å². The lowest BCUT2D eigenvalue weighted by Crippen LogP contribution is -2.25. The average Bonchev–Trinajstić information content (AvgIpc) is 2.66. The van der Waals surface area contributed by atoms with Crippen molar-refractivity contribution in [2.45, 2.75) is 17.1 Å². The standard InChI is InChI=1S/C18H18N2O6S/c1-12(27-14-6-4-3-5-7-14)18(22)26-11-17(21)19-15-9-8-13(20(23)24)10-16(15)25-2/h3-10,12H,11H2,1-2H3,(H,19,21)/t12-/m1/s1. The fourth-order valence-corrected chi connectivity index (χ4v) is 2.98. The van der Waals surface area contributed by atoms with Gasteiger partial charge in [-0.05, 0) is 25.1 Å². The molecule has 1 atom stereocenters. The molecule has 0 aliphatic heterocycles. The molecular weight excluding hydrogens is 372 g/mol. The second-order valence-electron chi connectivity index (χ2n) is 5.37. The van der Waals surface area contributed by atoms with Crippen molar-refractivity contribution < 1.29 is 24.0 Å². The van der Waals surface area contributed by atoms with Gasteiger partial charge in [0.05, 0.1) is 23.8 Å². The lowest BCUT2D eigenvalue weighted by atomic mass is 10.2. The highest BCUT2D eigenvalue weighted by Gasteiger charge is 2.18. The van der Waals surface area contributed by atoms with E-state index in [-0.39, 0.29) is 17.1 Å². The van der Waals surface area contributed by atoms with Gasteiger partial charge in [0, 0.05) is 11.0 Å². The van der Waals surface area contributed by atoms with Crippen LogP contribution < -0.4 is 10.1 Å². The molecular formula is C18H18N2O6S. The number of non-ortho nitro benzene ring substituents is 1. The van der Waals surface area contributed by atoms with Crippen LogP contribution in [0.25, 0.3) is 0 Å². The first-order chi connectivity index (χ1) is 12.9. The number of nitro groups is 1. The maximum absolute atomic E-state index is 12.0. The zero-order valence-electron chi connectivity index (χ0n) is 14.7. The number of nitrogens with zero attached hydrogens (tertiary/aromatic N) is 1. The van der Waals surface area contributed by atoms with E-state index in [4.69, 9.17) is 9.47 Å². The fraction of sp³-hybridized carbons (Fsp3) is 0.222. The Morgan fingerprint density at radius 3 is 2.56 bits per heavy atom. The quantitative estimate of drug-likeness (QED) is 0.319. The highest BCUT2D eigenvalue weighted by molar-refractivity contribution is 8.00. The molecule has 0 saturated heterocycles. The van der Waals surface area contributed by atoms with Crippen molar-refractivity contribution in [3.63, 3.8) is 0 Å². The average molecular weight is 390 g/mol. The first kappa shape index (κ1) is 20.2. The molecule has 8 nitrogen and oxygen atoms in total. The minimum atomic E-state index is -0.576. The summed E-state index contributed by atoms with van der Waals surface area (Å²) < 4.78 is 10.1. The van der Waals surface area contributed by atoms with Crippen LogP contribution in [0.15, 0.2) is 53.4 Å². The van der Waals surface area contributed by atoms with E-state index in [9.17, 15) is 19.7 Å². The third-order valence-corrected chi connectivity index (χ3v) is 4.49. The fourth-order valence-electron chi connectivity index (χ4n) is 2.09. The molecule has 0 saturated carbocycles. The molecule has 1 amide bonds. The molecule has 0 unspecified atom stereocenters. The van der Waals surface area contributed by atoms with Crippen LogP contribution in [0.4, 0.5) is 11.4 Å². The summed E-state index contributed by atoms with van der Waals surface area (Å²) in [6.07, 6.45) is 0. The van der Waals surface area contributed by atoms with Gasteiger partial charge in [-0.1, -0.05) is 18.2 Å². The summed E-state index contributed by atoms with van der Waals surface area (Å²) in [6.45, 7) is 1.22. The third kappa shape index (κ3) is 6.00. The number of methoxy groups -OCH3 is 1. The zero-order valence-corrected chi connectivity index (χ0v) is 15.5. The minimum Gasteiger partial charge on any atom is -0.494 e. The van der Waals surface area contributed by atoms with E-state index in [2.05, 4.69) is 5.32 Å². The number of nitro benzene ring substituents is 1. The molecule has 0 aliphatic carbocycles. The van der Waals surface area contributed by atoms with E-state index < -0.39 is 28.7 Å². The summed E-state index contributed by atoms with van der Waals surface area (Å²) in [4.78, 5) is 35.2. The first-order valence-corrected chi connectivity index (χ1v) is 8.79. The predicted molar refractivity (Wildman–Crippen MR) is 101 cm³/mol. The van der Waals surface area contributed by atoms with Crippen LogP contribution in [0.1, 0.15) is 6.92 Å². The molecule has 0 aromatic heterocycles. The van der Waals surface area contributed by atoms with Crippen molar-refractivity contribution in [3.8, 4) is 5.75 Å². The Bertz CT molecular complexity index is 828. The van der Waals surface area contributed by atoms with E-state index in [0.717, 1.165) is 4.90 Å². The molecule has 0 heterocycles. The van der Waals surface area contributed by atoms with Crippen molar-refractivity contribution >= 4 is 35.0 Å². The summed E-state index contributed by atoms with van der Waals surface area (Å²) in [5.41, 5.74) is 0.0823. The highest BCUT2D eigenvalue weighted by Crippen LogP contribution is 2.29. The third-order valence-electron chi connectivity index (χ3n) is 3.40. The number of amides is 1. The monoisotopic (exact) mass is 390 g/mol. The largest absolute Gasteiger partial charge is 0.494 e. The number of hydrogen-bond donors (Lipinski definition) is 1. The van der Waals surface area contributed by atoms with Crippen LogP contribution in [-0.4, -0.2) is 35.8 Å². The number of carbonyl (C=O) groups is 2. The molecule has 0 spiro atoms. The number of nitrogens with one attached hydrogen (secondary N) is 1. The van der Waals surface area contributed by atoms with Gasteiger partial charge in [0.1, 0.15) is 11.0 Å². The molecule has 1 N–H and O–H groups in total. The van der Waals surface area contributed by atoms with E-state index in [1.54, 1.807) is 6.92 Å². The number of benzene rings is 2. The lowest BCUT2D eigenvalue weighted by molar-refractivity contribution is -0.384. The van der Waals surface area contributed by atoms with E-state index in [1.165, 1.54) is 37.1 Å². The molecule has 0 aliphatic rings. The number of anilines is 1. The van der Waals surface area contributed by atoms with Crippen LogP contribution >= 0.6 is 11.8 Å². The van der Waals surface area contributed by atoms with Gasteiger partial charge >= 0.3 is 5.97 Å². The number of hydrogen-bond acceptors (Lipinski definition) is 7. The Kier molecular flexibility index (Phi) is 7.18. The minimum absolute atomic E-state index is 0.136. The first-order valence-electron chi connectivity index (χ1n) is 7.91. The molecule has 0 fully saturated rings. The molecule has 142 valence electrons. The zero-order chi connectivity index (χ0) is 19.8. The number of carbonyl (C=O) groups excluding carboxylic acids is 2. The Hall–Kier alpha value is -3.07. The van der Waals surface area contributed by atoms with Crippen molar-refractivity contribution in [2.75, 3.05) is 19.0 Å². The SMILES string of the molecule is COc1cc([N+](=O)[O-])ccc1NC(=O)COC(=O)[C@@H](C)Sc1ccccc1. The Balaban J connectivity index is 1.88. The Morgan fingerprint density at radius 1 is 1.22 bits per heavy atom. The number of thioether (sulfide) groups is 1. The van der Waals surface area contributed by atoms with Gasteiger partial charge in [0.15, 0.2) is 6.61 Å². The van der Waals surface area contributed by atoms with Gasteiger partial charge in [-0.15, -0.1) is 11.8 Å². The lowest BCUT2D eigenvalue weighted by Gasteiger charge is -2.12. The van der Waals surface area contributed by atoms with Gasteiger partial charge in [0.25, 0.3) is 11.6 Å². The van der Waals surface area contributed by atoms with E-state index >= 15 is 0 Å². The van der Waals surface area contributed by atoms with Gasteiger partial charge in [0.2, 0.25) is 0 Å². The van der Waals surface area contributed by atoms with Crippen molar-refractivity contribution in [1.82, 2.24) is 0 Å². The summed E-state index contributed by atoms with van der Waals surface area (Å²) in [5, 5.41) is 12.8. The molecule has 2 rings (SSSR count). The van der Waals surface area contributed by atoms with Crippen LogP contribution in [0, 0.1) is 10.1 Å². The van der Waals surface area contributed by atoms with Gasteiger partial charge in [-0.2, -0.15) is 0 Å². The normalized spacial score (nSPS) is 11.3. The Morgan fingerprint density at radius 2 is 1.93 bits per heavy atom. The summed E-state index contributed by atoms with van der Waals surface area (Å²) in [6, 6.07) is 13.2. The summed E-state index contributed by atoms with van der Waals surface area (Å²) in [7, 11) is 1.33. The predicted octanol–water partition coefficient (Wildman–Crippen LogP) is 3.27. The van der Waals surface area contributed by atoms with Crippen molar-refractivity contribution in [1.29, 1.82) is 0 Å². The van der Waals surface area contributed by atoms with Gasteiger partial charge in [-0.3, -0.25) is 19.7 Å². The van der Waals surface area contributed by atoms with Crippen LogP contribution in [0.2, 0.25) is 0 Å². The molecule has 0 radical (unpaired) electrons. The van der Waals surface area contributed by atoms with Gasteiger partial charge < -0.3 is 14.8 Å². The number of rotatable bonds is 8. The van der Waals surface area contributed by atoms with Crippen LogP contribution in [-0.2, 0) is 14.3 Å². The van der Waals surface area contributed by atoms with Gasteiger partial charge in [-0.25, -0.2) is 0 Å².